The zero-order valence-corrected chi connectivity index (χ0v) is 12.9. The number of nitrogens with zero attached hydrogens (tertiary/aromatic N) is 1. The molecule has 2 unspecified atom stereocenters. The average Bonchev–Trinajstić information content (AvgIpc) is 2.36. The van der Waals surface area contributed by atoms with Crippen LogP contribution in [0.25, 0.3) is 0 Å². The summed E-state index contributed by atoms with van der Waals surface area (Å²) in [5.74, 6) is 1.87. The molecule has 1 rings (SSSR count). The number of ether oxygens (including phenoxy) is 1. The highest BCUT2D eigenvalue weighted by Crippen LogP contribution is 2.19. The first kappa shape index (κ1) is 16.0. The lowest BCUT2D eigenvalue weighted by Gasteiger charge is -2.19. The maximum Gasteiger partial charge on any atom is 0.213 e. The van der Waals surface area contributed by atoms with Crippen molar-refractivity contribution >= 4 is 0 Å². The summed E-state index contributed by atoms with van der Waals surface area (Å²) in [7, 11) is 0. The number of aromatic nitrogens is 1. The van der Waals surface area contributed by atoms with Crippen LogP contribution in [-0.4, -0.2) is 24.2 Å². The molecule has 0 aliphatic rings. The molecule has 0 aromatic carbocycles. The zero-order valence-electron chi connectivity index (χ0n) is 12.9. The summed E-state index contributed by atoms with van der Waals surface area (Å²) in [6.45, 7) is 12.9. The molecule has 0 saturated heterocycles. The summed E-state index contributed by atoms with van der Waals surface area (Å²) < 4.78 is 5.92. The number of hydrogen-bond donors (Lipinski definition) is 1. The quantitative estimate of drug-likeness (QED) is 0.779. The van der Waals surface area contributed by atoms with Gasteiger partial charge < -0.3 is 10.1 Å². The number of hydrogen-bond acceptors (Lipinski definition) is 3. The number of rotatable bonds is 8. The summed E-state index contributed by atoms with van der Waals surface area (Å²) in [4.78, 5) is 4.29. The highest BCUT2D eigenvalue weighted by atomic mass is 16.5. The maximum atomic E-state index is 5.92. The third kappa shape index (κ3) is 6.06. The van der Waals surface area contributed by atoms with E-state index < -0.39 is 0 Å². The summed E-state index contributed by atoms with van der Waals surface area (Å²) >= 11 is 0. The Morgan fingerprint density at radius 2 is 2.00 bits per heavy atom. The second-order valence-corrected chi connectivity index (χ2v) is 5.66. The molecule has 0 aliphatic carbocycles. The molecule has 0 spiro atoms. The van der Waals surface area contributed by atoms with E-state index in [0.717, 1.165) is 25.4 Å². The maximum absolute atomic E-state index is 5.92. The van der Waals surface area contributed by atoms with Gasteiger partial charge in [0, 0.05) is 12.3 Å². The van der Waals surface area contributed by atoms with Crippen LogP contribution < -0.4 is 10.1 Å². The molecular weight excluding hydrogens is 236 g/mol. The Morgan fingerprint density at radius 3 is 2.63 bits per heavy atom. The number of pyridine rings is 1. The molecule has 1 N–H and O–H groups in total. The summed E-state index contributed by atoms with van der Waals surface area (Å²) in [5, 5.41) is 3.37. The molecule has 0 fully saturated rings. The van der Waals surface area contributed by atoms with Gasteiger partial charge in [-0.1, -0.05) is 27.7 Å². The lowest BCUT2D eigenvalue weighted by atomic mass is 10.0. The van der Waals surface area contributed by atoms with Crippen molar-refractivity contribution in [2.24, 2.45) is 5.92 Å². The molecular formula is C16H28N2O. The minimum Gasteiger partial charge on any atom is -0.475 e. The van der Waals surface area contributed by atoms with Crippen LogP contribution in [-0.2, 0) is 0 Å². The Kier molecular flexibility index (Phi) is 6.85. The zero-order chi connectivity index (χ0) is 14.3. The van der Waals surface area contributed by atoms with Gasteiger partial charge in [0.05, 0.1) is 6.10 Å². The fourth-order valence-electron chi connectivity index (χ4n) is 2.14. The van der Waals surface area contributed by atoms with Gasteiger partial charge in [0.1, 0.15) is 0 Å². The van der Waals surface area contributed by atoms with Gasteiger partial charge in [-0.25, -0.2) is 4.98 Å². The van der Waals surface area contributed by atoms with Crippen LogP contribution in [0.1, 0.15) is 52.5 Å². The molecule has 3 nitrogen and oxygen atoms in total. The van der Waals surface area contributed by atoms with Gasteiger partial charge in [0.25, 0.3) is 0 Å². The van der Waals surface area contributed by atoms with E-state index in [-0.39, 0.29) is 6.10 Å². The molecule has 0 saturated carbocycles. The Morgan fingerprint density at radius 1 is 1.26 bits per heavy atom. The SMILES string of the molecule is CCNCC(C)CC(C)Oc1cc(C(C)C)ccn1. The minimum absolute atomic E-state index is 0.198. The van der Waals surface area contributed by atoms with Crippen molar-refractivity contribution in [2.75, 3.05) is 13.1 Å². The Balaban J connectivity index is 2.47. The topological polar surface area (TPSA) is 34.1 Å². The van der Waals surface area contributed by atoms with Crippen molar-refractivity contribution in [3.63, 3.8) is 0 Å². The van der Waals surface area contributed by atoms with E-state index in [1.165, 1.54) is 5.56 Å². The molecule has 0 bridgehead atoms. The smallest absolute Gasteiger partial charge is 0.213 e. The molecule has 1 heterocycles. The summed E-state index contributed by atoms with van der Waals surface area (Å²) in [5.41, 5.74) is 1.28. The fraction of sp³-hybridized carbons (Fsp3) is 0.688. The van der Waals surface area contributed by atoms with Gasteiger partial charge >= 0.3 is 0 Å². The molecule has 3 heteroatoms. The van der Waals surface area contributed by atoms with E-state index >= 15 is 0 Å². The molecule has 0 aliphatic heterocycles. The predicted molar refractivity (Wildman–Crippen MR) is 80.7 cm³/mol. The third-order valence-corrected chi connectivity index (χ3v) is 3.22. The minimum atomic E-state index is 0.198. The number of nitrogens with one attached hydrogen (secondary N) is 1. The molecule has 2 atom stereocenters. The average molecular weight is 264 g/mol. The summed E-state index contributed by atoms with van der Waals surface area (Å²) in [6.07, 6.45) is 3.07. The first-order valence-electron chi connectivity index (χ1n) is 7.36. The van der Waals surface area contributed by atoms with Crippen LogP contribution in [0.5, 0.6) is 5.88 Å². The van der Waals surface area contributed by atoms with Gasteiger partial charge in [0.2, 0.25) is 5.88 Å². The molecule has 0 amide bonds. The second-order valence-electron chi connectivity index (χ2n) is 5.66. The highest BCUT2D eigenvalue weighted by molar-refractivity contribution is 5.23. The van der Waals surface area contributed by atoms with Gasteiger partial charge in [-0.2, -0.15) is 0 Å². The van der Waals surface area contributed by atoms with Crippen LogP contribution in [0.3, 0.4) is 0 Å². The van der Waals surface area contributed by atoms with Gasteiger partial charge in [-0.3, -0.25) is 0 Å². The van der Waals surface area contributed by atoms with Crippen LogP contribution in [0.4, 0.5) is 0 Å². The van der Waals surface area contributed by atoms with Gasteiger partial charge in [0.15, 0.2) is 0 Å². The lowest BCUT2D eigenvalue weighted by molar-refractivity contribution is 0.181. The van der Waals surface area contributed by atoms with Crippen molar-refractivity contribution in [1.82, 2.24) is 10.3 Å². The van der Waals surface area contributed by atoms with Gasteiger partial charge in [-0.15, -0.1) is 0 Å². The first-order valence-corrected chi connectivity index (χ1v) is 7.36. The molecule has 1 aromatic rings. The van der Waals surface area contributed by atoms with Crippen LogP contribution in [0.15, 0.2) is 18.3 Å². The Bertz CT molecular complexity index is 366. The Labute approximate surface area is 117 Å². The molecule has 19 heavy (non-hydrogen) atoms. The van der Waals surface area contributed by atoms with Crippen molar-refractivity contribution in [2.45, 2.75) is 53.1 Å². The predicted octanol–water partition coefficient (Wildman–Crippen LogP) is 3.61. The normalized spacial score (nSPS) is 14.4. The fourth-order valence-corrected chi connectivity index (χ4v) is 2.14. The van der Waals surface area contributed by atoms with E-state index in [0.29, 0.717) is 11.8 Å². The molecule has 108 valence electrons. The van der Waals surface area contributed by atoms with Crippen LogP contribution in [0.2, 0.25) is 0 Å². The summed E-state index contributed by atoms with van der Waals surface area (Å²) in [6, 6.07) is 4.10. The second kappa shape index (κ2) is 8.16. The van der Waals surface area contributed by atoms with Crippen LogP contribution >= 0.6 is 0 Å². The monoisotopic (exact) mass is 264 g/mol. The molecule has 1 aromatic heterocycles. The van der Waals surface area contributed by atoms with Gasteiger partial charge in [-0.05, 0) is 49.9 Å². The van der Waals surface area contributed by atoms with Crippen molar-refractivity contribution in [1.29, 1.82) is 0 Å². The van der Waals surface area contributed by atoms with E-state index in [1.54, 1.807) is 0 Å². The first-order chi connectivity index (χ1) is 9.02. The van der Waals surface area contributed by atoms with Crippen molar-refractivity contribution in [3.8, 4) is 5.88 Å². The molecule has 0 radical (unpaired) electrons. The van der Waals surface area contributed by atoms with Crippen molar-refractivity contribution in [3.05, 3.63) is 23.9 Å². The van der Waals surface area contributed by atoms with E-state index in [2.05, 4.69) is 57.1 Å². The third-order valence-electron chi connectivity index (χ3n) is 3.22. The largest absolute Gasteiger partial charge is 0.475 e. The highest BCUT2D eigenvalue weighted by Gasteiger charge is 2.11. The van der Waals surface area contributed by atoms with Crippen molar-refractivity contribution < 1.29 is 4.74 Å². The van der Waals surface area contributed by atoms with E-state index in [4.69, 9.17) is 4.74 Å². The van der Waals surface area contributed by atoms with Crippen LogP contribution in [0, 0.1) is 5.92 Å². The van der Waals surface area contributed by atoms with E-state index in [9.17, 15) is 0 Å². The lowest BCUT2D eigenvalue weighted by Crippen LogP contribution is -2.25. The van der Waals surface area contributed by atoms with E-state index in [1.807, 2.05) is 6.20 Å². The standard InChI is InChI=1S/C16H28N2O/c1-6-17-11-13(4)9-14(5)19-16-10-15(12(2)3)7-8-18-16/h7-8,10,12-14,17H,6,9,11H2,1-5H3. The Hall–Kier alpha value is -1.09.